The highest BCUT2D eigenvalue weighted by Gasteiger charge is 2.13. The summed E-state index contributed by atoms with van der Waals surface area (Å²) in [7, 11) is 0. The topological polar surface area (TPSA) is 88.0 Å². The van der Waals surface area contributed by atoms with Gasteiger partial charge in [-0.1, -0.05) is 24.3 Å². The number of ether oxygens (including phenoxy) is 1. The Morgan fingerprint density at radius 1 is 1.11 bits per heavy atom. The van der Waals surface area contributed by atoms with Gasteiger partial charge in [0.1, 0.15) is 12.4 Å². The summed E-state index contributed by atoms with van der Waals surface area (Å²) in [5.41, 5.74) is 13.4. The molecule has 0 saturated carbocycles. The van der Waals surface area contributed by atoms with Crippen LogP contribution in [0.3, 0.4) is 0 Å². The third-order valence-electron chi connectivity index (χ3n) is 4.28. The van der Waals surface area contributed by atoms with Crippen LogP contribution in [-0.4, -0.2) is 10.9 Å². The van der Waals surface area contributed by atoms with Gasteiger partial charge in [0.2, 0.25) is 5.91 Å². The Morgan fingerprint density at radius 3 is 2.67 bits per heavy atom. The van der Waals surface area contributed by atoms with Gasteiger partial charge in [-0.15, -0.1) is 0 Å². The van der Waals surface area contributed by atoms with Gasteiger partial charge in [0, 0.05) is 27.8 Å². The van der Waals surface area contributed by atoms with Crippen molar-refractivity contribution in [3.8, 4) is 17.0 Å². The number of hydrogen-bond acceptors (Lipinski definition) is 3. The lowest BCUT2D eigenvalue weighted by Crippen LogP contribution is -2.07. The van der Waals surface area contributed by atoms with E-state index in [9.17, 15) is 4.79 Å². The summed E-state index contributed by atoms with van der Waals surface area (Å²) in [6.45, 7) is 4.06. The van der Waals surface area contributed by atoms with Crippen LogP contribution in [0.4, 0.5) is 0 Å². The number of aromatic nitrogens is 1. The van der Waals surface area contributed by atoms with Crippen LogP contribution < -0.4 is 4.74 Å². The summed E-state index contributed by atoms with van der Waals surface area (Å²) in [5.74, 6) is 0.113. The highest BCUT2D eigenvalue weighted by atomic mass is 16.5. The molecule has 3 rings (SSSR count). The van der Waals surface area contributed by atoms with Gasteiger partial charge in [0.25, 0.3) is 0 Å². The van der Waals surface area contributed by atoms with E-state index in [1.165, 1.54) is 0 Å². The second-order valence-electron chi connectivity index (χ2n) is 6.08. The van der Waals surface area contributed by atoms with Crippen LogP contribution in [0, 0.1) is 13.8 Å². The Hall–Kier alpha value is -3.63. The average molecular weight is 358 g/mol. The minimum atomic E-state index is -0.609. The molecule has 0 aliphatic carbocycles. The van der Waals surface area contributed by atoms with Crippen LogP contribution in [0.1, 0.15) is 27.0 Å². The number of benzene rings is 2. The fourth-order valence-electron chi connectivity index (χ4n) is 2.84. The van der Waals surface area contributed by atoms with E-state index in [4.69, 9.17) is 10.3 Å². The van der Waals surface area contributed by atoms with Crippen molar-refractivity contribution >= 4 is 5.91 Å². The van der Waals surface area contributed by atoms with Gasteiger partial charge in [0.15, 0.2) is 0 Å². The van der Waals surface area contributed by atoms with Crippen LogP contribution in [0.2, 0.25) is 0 Å². The number of carbonyl (C=O) groups is 1. The first-order valence-corrected chi connectivity index (χ1v) is 8.43. The molecule has 0 radical (unpaired) electrons. The maximum absolute atomic E-state index is 12.0. The lowest BCUT2D eigenvalue weighted by Gasteiger charge is -2.14. The van der Waals surface area contributed by atoms with Gasteiger partial charge in [-0.2, -0.15) is 0 Å². The van der Waals surface area contributed by atoms with Gasteiger partial charge in [-0.3, -0.25) is 9.78 Å². The Bertz CT molecular complexity index is 1030. The molecule has 6 nitrogen and oxygen atoms in total. The zero-order valence-corrected chi connectivity index (χ0v) is 15.1. The van der Waals surface area contributed by atoms with Gasteiger partial charge in [-0.05, 0) is 66.0 Å². The van der Waals surface area contributed by atoms with Gasteiger partial charge in [0.05, 0.1) is 5.69 Å². The second-order valence-corrected chi connectivity index (χ2v) is 6.08. The van der Waals surface area contributed by atoms with Crippen LogP contribution in [0.5, 0.6) is 5.75 Å². The third kappa shape index (κ3) is 4.14. The quantitative estimate of drug-likeness (QED) is 0.348. The van der Waals surface area contributed by atoms with Gasteiger partial charge >= 0.3 is 0 Å². The van der Waals surface area contributed by atoms with Crippen molar-refractivity contribution in [3.63, 3.8) is 0 Å². The van der Waals surface area contributed by atoms with Crippen molar-refractivity contribution in [1.82, 2.24) is 4.98 Å². The van der Waals surface area contributed by atoms with Crippen LogP contribution in [-0.2, 0) is 6.61 Å². The standard InChI is InChI=1S/C21H18N4O2/c1-14-6-5-7-17(21(26)24-25-22)18(14)13-27-20-10-9-16(12-15(20)2)19-8-3-4-11-23-19/h3-12H,13H2,1-2H3. The summed E-state index contributed by atoms with van der Waals surface area (Å²) in [4.78, 5) is 19.0. The van der Waals surface area contributed by atoms with Crippen LogP contribution >= 0.6 is 0 Å². The van der Waals surface area contributed by atoms with E-state index in [2.05, 4.69) is 15.0 Å². The molecule has 6 heteroatoms. The first-order chi connectivity index (χ1) is 13.1. The Labute approximate surface area is 157 Å². The van der Waals surface area contributed by atoms with E-state index >= 15 is 0 Å². The second kappa shape index (κ2) is 8.17. The normalized spacial score (nSPS) is 10.1. The number of aryl methyl sites for hydroxylation is 2. The molecule has 1 aromatic heterocycles. The number of carbonyl (C=O) groups excluding carboxylic acids is 1. The van der Waals surface area contributed by atoms with Crippen molar-refractivity contribution < 1.29 is 9.53 Å². The van der Waals surface area contributed by atoms with Gasteiger partial charge < -0.3 is 4.74 Å². The molecule has 3 aromatic rings. The lowest BCUT2D eigenvalue weighted by atomic mass is 10.0. The van der Waals surface area contributed by atoms with Crippen LogP contribution in [0.25, 0.3) is 21.7 Å². The largest absolute Gasteiger partial charge is 0.489 e. The first kappa shape index (κ1) is 18.2. The van der Waals surface area contributed by atoms with E-state index in [-0.39, 0.29) is 6.61 Å². The number of hydrogen-bond donors (Lipinski definition) is 0. The molecule has 0 aliphatic rings. The van der Waals surface area contributed by atoms with Crippen molar-refractivity contribution in [2.24, 2.45) is 5.11 Å². The van der Waals surface area contributed by atoms with E-state index in [1.54, 1.807) is 18.3 Å². The summed E-state index contributed by atoms with van der Waals surface area (Å²) >= 11 is 0. The molecule has 1 heterocycles. The number of amides is 1. The first-order valence-electron chi connectivity index (χ1n) is 8.43. The molecule has 0 aliphatic heterocycles. The van der Waals surface area contributed by atoms with E-state index in [0.29, 0.717) is 11.1 Å². The molecule has 2 aromatic carbocycles. The molecule has 0 unspecified atom stereocenters. The zero-order valence-electron chi connectivity index (χ0n) is 15.1. The monoisotopic (exact) mass is 358 g/mol. The van der Waals surface area contributed by atoms with Crippen molar-refractivity contribution in [3.05, 3.63) is 93.5 Å². The van der Waals surface area contributed by atoms with E-state index < -0.39 is 5.91 Å². The third-order valence-corrected chi connectivity index (χ3v) is 4.28. The fourth-order valence-corrected chi connectivity index (χ4v) is 2.84. The zero-order chi connectivity index (χ0) is 19.2. The molecule has 0 fully saturated rings. The number of nitrogens with zero attached hydrogens (tertiary/aromatic N) is 4. The summed E-state index contributed by atoms with van der Waals surface area (Å²) < 4.78 is 5.96. The molecule has 27 heavy (non-hydrogen) atoms. The number of rotatable bonds is 5. The molecule has 0 N–H and O–H groups in total. The molecular weight excluding hydrogens is 340 g/mol. The average Bonchev–Trinajstić information content (AvgIpc) is 2.68. The van der Waals surface area contributed by atoms with Gasteiger partial charge in [-0.25, -0.2) is 0 Å². The summed E-state index contributed by atoms with van der Waals surface area (Å²) in [5, 5.41) is 3.19. The Kier molecular flexibility index (Phi) is 5.50. The molecule has 134 valence electrons. The molecule has 0 atom stereocenters. The Balaban J connectivity index is 1.84. The minimum Gasteiger partial charge on any atom is -0.489 e. The fraction of sp³-hybridized carbons (Fsp3) is 0.143. The Morgan fingerprint density at radius 2 is 1.96 bits per heavy atom. The lowest BCUT2D eigenvalue weighted by molar-refractivity contribution is 0.0998. The molecule has 0 spiro atoms. The highest BCUT2D eigenvalue weighted by Crippen LogP contribution is 2.26. The van der Waals surface area contributed by atoms with Crippen molar-refractivity contribution in [2.45, 2.75) is 20.5 Å². The molecule has 1 amide bonds. The van der Waals surface area contributed by atoms with Crippen LogP contribution in [0.15, 0.2) is 65.9 Å². The molecule has 0 bridgehead atoms. The predicted molar refractivity (Wildman–Crippen MR) is 103 cm³/mol. The smallest absolute Gasteiger partial charge is 0.249 e. The summed E-state index contributed by atoms with van der Waals surface area (Å²) in [6.07, 6.45) is 1.76. The molecule has 0 saturated heterocycles. The van der Waals surface area contributed by atoms with E-state index in [0.717, 1.165) is 28.1 Å². The SMILES string of the molecule is Cc1cc(-c2ccccn2)ccc1OCc1c(C)cccc1C(=O)N=[N+]=[N-]. The van der Waals surface area contributed by atoms with Crippen molar-refractivity contribution in [2.75, 3.05) is 0 Å². The number of azide groups is 1. The maximum atomic E-state index is 12.0. The number of pyridine rings is 1. The maximum Gasteiger partial charge on any atom is 0.249 e. The predicted octanol–water partition coefficient (Wildman–Crippen LogP) is 5.39. The highest BCUT2D eigenvalue weighted by molar-refractivity contribution is 5.96. The molecular formula is C21H18N4O2. The minimum absolute atomic E-state index is 0.207. The van der Waals surface area contributed by atoms with Crippen molar-refractivity contribution in [1.29, 1.82) is 0 Å². The van der Waals surface area contributed by atoms with E-state index in [1.807, 2.05) is 56.3 Å². The summed E-state index contributed by atoms with van der Waals surface area (Å²) in [6, 6.07) is 16.9.